The Bertz CT molecular complexity index is 552. The lowest BCUT2D eigenvalue weighted by Gasteiger charge is -2.06. The van der Waals surface area contributed by atoms with Crippen LogP contribution < -0.4 is 16.0 Å². The second-order valence-electron chi connectivity index (χ2n) is 3.94. The van der Waals surface area contributed by atoms with Gasteiger partial charge in [-0.2, -0.15) is 0 Å². The summed E-state index contributed by atoms with van der Waals surface area (Å²) in [6.07, 6.45) is 3.11. The van der Waals surface area contributed by atoms with E-state index in [0.29, 0.717) is 23.6 Å². The van der Waals surface area contributed by atoms with Gasteiger partial charge in [0.1, 0.15) is 12.4 Å². The number of carbonyl (C=O) groups is 1. The van der Waals surface area contributed by atoms with E-state index in [4.69, 9.17) is 10.6 Å². The number of aromatic nitrogens is 2. The monoisotopic (exact) mass is 258 g/mol. The number of nitrogens with two attached hydrogens (primary N) is 1. The molecule has 3 N–H and O–H groups in total. The molecular weight excluding hydrogens is 244 g/mol. The number of hydrogen-bond donors (Lipinski definition) is 2. The molecule has 2 rings (SSSR count). The standard InChI is InChI=1S/C13H14N4O2/c1-9-2-5-12(7-15-9)19-8-11-4-3-10(6-16-11)13(18)17-14/h2-7H,8,14H2,1H3,(H,17,18). The Balaban J connectivity index is 1.96. The van der Waals surface area contributed by atoms with Gasteiger partial charge < -0.3 is 4.74 Å². The second kappa shape index (κ2) is 5.92. The smallest absolute Gasteiger partial charge is 0.266 e. The Labute approximate surface area is 110 Å². The van der Waals surface area contributed by atoms with E-state index in [-0.39, 0.29) is 5.91 Å². The predicted molar refractivity (Wildman–Crippen MR) is 69.2 cm³/mol. The molecule has 0 aliphatic rings. The highest BCUT2D eigenvalue weighted by molar-refractivity contribution is 5.93. The molecule has 0 bridgehead atoms. The molecule has 0 aliphatic heterocycles. The number of hydrazine groups is 1. The molecule has 1 amide bonds. The largest absolute Gasteiger partial charge is 0.486 e. The van der Waals surface area contributed by atoms with Crippen LogP contribution in [0.5, 0.6) is 5.75 Å². The summed E-state index contributed by atoms with van der Waals surface area (Å²) in [5.74, 6) is 5.33. The average Bonchev–Trinajstić information content (AvgIpc) is 2.46. The molecule has 0 unspecified atom stereocenters. The minimum Gasteiger partial charge on any atom is -0.486 e. The number of pyridine rings is 2. The van der Waals surface area contributed by atoms with Crippen LogP contribution in [0.1, 0.15) is 21.7 Å². The molecule has 19 heavy (non-hydrogen) atoms. The number of aryl methyl sites for hydroxylation is 1. The normalized spacial score (nSPS) is 10.0. The van der Waals surface area contributed by atoms with Crippen molar-refractivity contribution in [2.24, 2.45) is 5.84 Å². The Hall–Kier alpha value is -2.47. The van der Waals surface area contributed by atoms with Crippen molar-refractivity contribution >= 4 is 5.91 Å². The SMILES string of the molecule is Cc1ccc(OCc2ccc(C(=O)NN)cn2)cn1. The van der Waals surface area contributed by atoms with Gasteiger partial charge in [0, 0.05) is 11.9 Å². The van der Waals surface area contributed by atoms with E-state index in [1.54, 1.807) is 18.3 Å². The molecule has 0 aromatic carbocycles. The van der Waals surface area contributed by atoms with Gasteiger partial charge in [-0.3, -0.25) is 20.2 Å². The summed E-state index contributed by atoms with van der Waals surface area (Å²) in [5.41, 5.74) is 4.10. The summed E-state index contributed by atoms with van der Waals surface area (Å²) in [7, 11) is 0. The lowest BCUT2D eigenvalue weighted by molar-refractivity contribution is 0.0953. The zero-order chi connectivity index (χ0) is 13.7. The van der Waals surface area contributed by atoms with Gasteiger partial charge >= 0.3 is 0 Å². The van der Waals surface area contributed by atoms with Gasteiger partial charge in [-0.15, -0.1) is 0 Å². The number of nitrogen functional groups attached to an aromatic ring is 1. The van der Waals surface area contributed by atoms with Gasteiger partial charge in [0.05, 0.1) is 17.5 Å². The van der Waals surface area contributed by atoms with Crippen molar-refractivity contribution in [3.05, 3.63) is 53.6 Å². The van der Waals surface area contributed by atoms with Gasteiger partial charge in [-0.25, -0.2) is 5.84 Å². The number of ether oxygens (including phenoxy) is 1. The molecule has 0 aliphatic carbocycles. The molecule has 0 radical (unpaired) electrons. The Kier molecular flexibility index (Phi) is 4.04. The van der Waals surface area contributed by atoms with Crippen LogP contribution in [-0.4, -0.2) is 15.9 Å². The number of nitrogens with zero attached hydrogens (tertiary/aromatic N) is 2. The van der Waals surface area contributed by atoms with E-state index in [0.717, 1.165) is 5.69 Å². The lowest BCUT2D eigenvalue weighted by atomic mass is 10.2. The van der Waals surface area contributed by atoms with Gasteiger partial charge in [-0.1, -0.05) is 0 Å². The van der Waals surface area contributed by atoms with E-state index in [9.17, 15) is 4.79 Å². The number of amides is 1. The molecule has 0 atom stereocenters. The van der Waals surface area contributed by atoms with Crippen molar-refractivity contribution in [3.63, 3.8) is 0 Å². The number of carbonyl (C=O) groups excluding carboxylic acids is 1. The van der Waals surface area contributed by atoms with Crippen LogP contribution >= 0.6 is 0 Å². The van der Waals surface area contributed by atoms with Gasteiger partial charge in [-0.05, 0) is 31.2 Å². The average molecular weight is 258 g/mol. The zero-order valence-corrected chi connectivity index (χ0v) is 10.5. The fourth-order valence-electron chi connectivity index (χ4n) is 1.42. The third-order valence-electron chi connectivity index (χ3n) is 2.49. The lowest BCUT2D eigenvalue weighted by Crippen LogP contribution is -2.30. The Morgan fingerprint density at radius 1 is 1.26 bits per heavy atom. The molecule has 0 spiro atoms. The van der Waals surface area contributed by atoms with Crippen molar-refractivity contribution in [2.45, 2.75) is 13.5 Å². The van der Waals surface area contributed by atoms with Crippen molar-refractivity contribution in [2.75, 3.05) is 0 Å². The van der Waals surface area contributed by atoms with Crippen molar-refractivity contribution in [1.82, 2.24) is 15.4 Å². The molecule has 0 fully saturated rings. The minimum absolute atomic E-state index is 0.315. The highest BCUT2D eigenvalue weighted by Gasteiger charge is 2.04. The quantitative estimate of drug-likeness (QED) is 0.484. The van der Waals surface area contributed by atoms with Crippen LogP contribution in [0.15, 0.2) is 36.7 Å². The first-order valence-electron chi connectivity index (χ1n) is 5.70. The summed E-state index contributed by atoms with van der Waals surface area (Å²) in [4.78, 5) is 19.5. The van der Waals surface area contributed by atoms with Gasteiger partial charge in [0.15, 0.2) is 0 Å². The molecule has 98 valence electrons. The number of hydrogen-bond acceptors (Lipinski definition) is 5. The Morgan fingerprint density at radius 3 is 2.68 bits per heavy atom. The fraction of sp³-hybridized carbons (Fsp3) is 0.154. The van der Waals surface area contributed by atoms with E-state index in [1.807, 2.05) is 24.5 Å². The van der Waals surface area contributed by atoms with Crippen LogP contribution in [0.25, 0.3) is 0 Å². The summed E-state index contributed by atoms with van der Waals surface area (Å²) in [5, 5.41) is 0. The van der Waals surface area contributed by atoms with Crippen molar-refractivity contribution < 1.29 is 9.53 Å². The van der Waals surface area contributed by atoms with Crippen molar-refractivity contribution in [1.29, 1.82) is 0 Å². The van der Waals surface area contributed by atoms with E-state index in [1.165, 1.54) is 6.20 Å². The van der Waals surface area contributed by atoms with Crippen LogP contribution in [0.3, 0.4) is 0 Å². The van der Waals surface area contributed by atoms with E-state index >= 15 is 0 Å². The molecule has 0 saturated heterocycles. The summed E-state index contributed by atoms with van der Waals surface area (Å²) in [6.45, 7) is 2.22. The molecule has 2 aromatic rings. The third-order valence-corrected chi connectivity index (χ3v) is 2.49. The zero-order valence-electron chi connectivity index (χ0n) is 10.5. The molecule has 0 saturated carbocycles. The first kappa shape index (κ1) is 13.0. The van der Waals surface area contributed by atoms with E-state index in [2.05, 4.69) is 9.97 Å². The van der Waals surface area contributed by atoms with E-state index < -0.39 is 0 Å². The first-order chi connectivity index (χ1) is 9.19. The highest BCUT2D eigenvalue weighted by Crippen LogP contribution is 2.11. The second-order valence-corrected chi connectivity index (χ2v) is 3.94. The first-order valence-corrected chi connectivity index (χ1v) is 5.70. The molecule has 6 nitrogen and oxygen atoms in total. The van der Waals surface area contributed by atoms with Gasteiger partial charge in [0.2, 0.25) is 0 Å². The van der Waals surface area contributed by atoms with Crippen LogP contribution in [0, 0.1) is 6.92 Å². The van der Waals surface area contributed by atoms with Gasteiger partial charge in [0.25, 0.3) is 5.91 Å². The molecule has 6 heteroatoms. The summed E-state index contributed by atoms with van der Waals surface area (Å²) < 4.78 is 5.52. The third kappa shape index (κ3) is 3.49. The molecule has 2 aromatic heterocycles. The Morgan fingerprint density at radius 2 is 2.11 bits per heavy atom. The summed E-state index contributed by atoms with van der Waals surface area (Å²) in [6, 6.07) is 7.07. The van der Waals surface area contributed by atoms with Crippen LogP contribution in [0.2, 0.25) is 0 Å². The fourth-order valence-corrected chi connectivity index (χ4v) is 1.42. The molecular formula is C13H14N4O2. The van der Waals surface area contributed by atoms with Crippen LogP contribution in [-0.2, 0) is 6.61 Å². The van der Waals surface area contributed by atoms with Crippen LogP contribution in [0.4, 0.5) is 0 Å². The minimum atomic E-state index is -0.372. The molecule has 2 heterocycles. The maximum absolute atomic E-state index is 11.2. The number of nitrogens with one attached hydrogen (secondary N) is 1. The predicted octanol–water partition coefficient (Wildman–Crippen LogP) is 0.968. The topological polar surface area (TPSA) is 90.1 Å². The maximum Gasteiger partial charge on any atom is 0.266 e. The highest BCUT2D eigenvalue weighted by atomic mass is 16.5. The van der Waals surface area contributed by atoms with Crippen molar-refractivity contribution in [3.8, 4) is 5.75 Å². The maximum atomic E-state index is 11.2. The summed E-state index contributed by atoms with van der Waals surface area (Å²) >= 11 is 0. The number of rotatable bonds is 4.